The Kier molecular flexibility index (Phi) is 4.72. The summed E-state index contributed by atoms with van der Waals surface area (Å²) in [5, 5.41) is 22.1. The average molecular weight is 313 g/mol. The molecule has 0 spiro atoms. The summed E-state index contributed by atoms with van der Waals surface area (Å²) >= 11 is 0. The number of hydrogen-bond acceptors (Lipinski definition) is 4. The van der Waals surface area contributed by atoms with E-state index >= 15 is 0 Å². The number of H-pyrrole nitrogens is 1. The lowest BCUT2D eigenvalue weighted by Crippen LogP contribution is -2.35. The van der Waals surface area contributed by atoms with E-state index in [1.807, 2.05) is 24.3 Å². The molecule has 0 saturated carbocycles. The van der Waals surface area contributed by atoms with Crippen molar-refractivity contribution in [1.29, 1.82) is 5.26 Å². The molecule has 3 N–H and O–H groups in total. The predicted octanol–water partition coefficient (Wildman–Crippen LogP) is 2.92. The van der Waals surface area contributed by atoms with Crippen LogP contribution in [0.4, 0.5) is 4.79 Å². The molecular formula is C17H19N3O3. The Hall–Kier alpha value is -2.78. The van der Waals surface area contributed by atoms with Gasteiger partial charge in [-0.25, -0.2) is 4.79 Å². The zero-order valence-electron chi connectivity index (χ0n) is 13.3. The molecule has 0 aliphatic heterocycles. The van der Waals surface area contributed by atoms with Crippen molar-refractivity contribution in [3.8, 4) is 6.07 Å². The van der Waals surface area contributed by atoms with Gasteiger partial charge < -0.3 is 14.8 Å². The van der Waals surface area contributed by atoms with Gasteiger partial charge in [-0.15, -0.1) is 0 Å². The fraction of sp³-hybridized carbons (Fsp3) is 0.294. The molecule has 1 atom stereocenters. The number of aliphatic hydroxyl groups excluding tert-OH is 1. The second-order valence-electron chi connectivity index (χ2n) is 6.05. The minimum Gasteiger partial charge on any atom is -0.444 e. The van der Waals surface area contributed by atoms with Crippen molar-refractivity contribution in [2.75, 3.05) is 0 Å². The van der Waals surface area contributed by atoms with Gasteiger partial charge in [0.2, 0.25) is 0 Å². The number of amides is 1. The molecule has 1 amide bonds. The summed E-state index contributed by atoms with van der Waals surface area (Å²) in [7, 11) is 0. The highest BCUT2D eigenvalue weighted by atomic mass is 16.6. The first-order valence-electron chi connectivity index (χ1n) is 7.15. The lowest BCUT2D eigenvalue weighted by atomic mass is 10.1. The van der Waals surface area contributed by atoms with Crippen LogP contribution < -0.4 is 5.32 Å². The summed E-state index contributed by atoms with van der Waals surface area (Å²) in [5.41, 5.74) is 1.06. The number of carbonyl (C=O) groups excluding carboxylic acids is 1. The first-order valence-corrected chi connectivity index (χ1v) is 7.15. The standard InChI is InChI=1S/C17H19N3O3/c1-17(2,3)23-16(22)20-14(15(21)9-18)8-11-10-19-13-7-5-4-6-12(11)13/h4-8,10,15,19,21H,1-3H3,(H,20,22)/b14-8+. The highest BCUT2D eigenvalue weighted by Crippen LogP contribution is 2.20. The van der Waals surface area contributed by atoms with Gasteiger partial charge in [-0.1, -0.05) is 18.2 Å². The van der Waals surface area contributed by atoms with Crippen LogP contribution in [0.15, 0.2) is 36.2 Å². The molecule has 1 aromatic carbocycles. The van der Waals surface area contributed by atoms with Crippen LogP contribution in [-0.4, -0.2) is 27.9 Å². The Morgan fingerprint density at radius 3 is 2.78 bits per heavy atom. The summed E-state index contributed by atoms with van der Waals surface area (Å²) in [6.45, 7) is 5.20. The number of aromatic amines is 1. The van der Waals surface area contributed by atoms with E-state index in [0.717, 1.165) is 16.5 Å². The second kappa shape index (κ2) is 6.55. The maximum absolute atomic E-state index is 11.9. The van der Waals surface area contributed by atoms with Crippen LogP contribution in [-0.2, 0) is 4.74 Å². The SMILES string of the molecule is CC(C)(C)OC(=O)N/C(=C/c1c[nH]c2ccccc12)C(O)C#N. The molecule has 120 valence electrons. The van der Waals surface area contributed by atoms with E-state index in [-0.39, 0.29) is 5.70 Å². The molecule has 0 saturated heterocycles. The van der Waals surface area contributed by atoms with E-state index in [1.54, 1.807) is 39.1 Å². The number of ether oxygens (including phenoxy) is 1. The monoisotopic (exact) mass is 313 g/mol. The highest BCUT2D eigenvalue weighted by molar-refractivity contribution is 5.89. The molecule has 6 nitrogen and oxygen atoms in total. The third-order valence-corrected chi connectivity index (χ3v) is 2.99. The van der Waals surface area contributed by atoms with E-state index in [9.17, 15) is 9.90 Å². The van der Waals surface area contributed by atoms with Crippen LogP contribution in [0, 0.1) is 11.3 Å². The first-order chi connectivity index (χ1) is 10.8. The fourth-order valence-electron chi connectivity index (χ4n) is 2.06. The van der Waals surface area contributed by atoms with Gasteiger partial charge in [-0.05, 0) is 32.9 Å². The molecule has 2 rings (SSSR count). The van der Waals surface area contributed by atoms with Gasteiger partial charge in [0.15, 0.2) is 6.10 Å². The van der Waals surface area contributed by atoms with Crippen molar-refractivity contribution in [1.82, 2.24) is 10.3 Å². The molecule has 1 heterocycles. The lowest BCUT2D eigenvalue weighted by Gasteiger charge is -2.20. The first kappa shape index (κ1) is 16.6. The number of nitrogens with zero attached hydrogens (tertiary/aromatic N) is 1. The third-order valence-electron chi connectivity index (χ3n) is 2.99. The molecule has 0 aliphatic carbocycles. The minimum absolute atomic E-state index is 0.0616. The Morgan fingerprint density at radius 2 is 2.13 bits per heavy atom. The van der Waals surface area contributed by atoms with E-state index in [4.69, 9.17) is 10.00 Å². The number of fused-ring (bicyclic) bond motifs is 1. The normalized spacial score (nSPS) is 13.4. The molecule has 23 heavy (non-hydrogen) atoms. The number of aromatic nitrogens is 1. The zero-order chi connectivity index (χ0) is 17.0. The number of carbonyl (C=O) groups is 1. The van der Waals surface area contributed by atoms with Gasteiger partial charge >= 0.3 is 6.09 Å². The molecule has 0 fully saturated rings. The quantitative estimate of drug-likeness (QED) is 0.759. The molecule has 0 radical (unpaired) electrons. The number of benzene rings is 1. The Bertz CT molecular complexity index is 778. The van der Waals surface area contributed by atoms with Crippen molar-refractivity contribution < 1.29 is 14.6 Å². The van der Waals surface area contributed by atoms with Crippen molar-refractivity contribution in [3.05, 3.63) is 41.7 Å². The summed E-state index contributed by atoms with van der Waals surface area (Å²) in [6, 6.07) is 9.30. The molecule has 0 aliphatic rings. The van der Waals surface area contributed by atoms with Crippen LogP contribution in [0.3, 0.4) is 0 Å². The molecule has 0 bridgehead atoms. The van der Waals surface area contributed by atoms with Gasteiger partial charge in [0.1, 0.15) is 11.7 Å². The maximum Gasteiger partial charge on any atom is 0.412 e. The van der Waals surface area contributed by atoms with Crippen LogP contribution >= 0.6 is 0 Å². The number of aliphatic hydroxyl groups is 1. The van der Waals surface area contributed by atoms with Crippen LogP contribution in [0.5, 0.6) is 0 Å². The number of alkyl carbamates (subject to hydrolysis) is 1. The largest absolute Gasteiger partial charge is 0.444 e. The molecule has 1 unspecified atom stereocenters. The smallest absolute Gasteiger partial charge is 0.412 e. The number of nitrogens with one attached hydrogen (secondary N) is 2. The average Bonchev–Trinajstić information content (AvgIpc) is 2.87. The van der Waals surface area contributed by atoms with Crippen molar-refractivity contribution in [3.63, 3.8) is 0 Å². The summed E-state index contributed by atoms with van der Waals surface area (Å²) in [5.74, 6) is 0. The van der Waals surface area contributed by atoms with Gasteiger partial charge in [-0.2, -0.15) is 5.26 Å². The third kappa shape index (κ3) is 4.34. The number of hydrogen-bond donors (Lipinski definition) is 3. The van der Waals surface area contributed by atoms with Crippen molar-refractivity contribution in [2.24, 2.45) is 0 Å². The number of para-hydroxylation sites is 1. The van der Waals surface area contributed by atoms with E-state index < -0.39 is 17.8 Å². The Morgan fingerprint density at radius 1 is 1.43 bits per heavy atom. The second-order valence-corrected chi connectivity index (χ2v) is 6.05. The van der Waals surface area contributed by atoms with Crippen LogP contribution in [0.1, 0.15) is 26.3 Å². The van der Waals surface area contributed by atoms with Gasteiger partial charge in [0.05, 0.1) is 5.70 Å². The molecular weight excluding hydrogens is 294 g/mol. The Labute approximate surface area is 134 Å². The summed E-state index contributed by atoms with van der Waals surface area (Å²) < 4.78 is 5.15. The topological polar surface area (TPSA) is 98.1 Å². The number of nitriles is 1. The maximum atomic E-state index is 11.9. The molecule has 1 aromatic heterocycles. The van der Waals surface area contributed by atoms with E-state index in [1.165, 1.54) is 0 Å². The van der Waals surface area contributed by atoms with Gasteiger partial charge in [0, 0.05) is 22.7 Å². The van der Waals surface area contributed by atoms with E-state index in [0.29, 0.717) is 0 Å². The van der Waals surface area contributed by atoms with Gasteiger partial charge in [-0.3, -0.25) is 5.32 Å². The molecule has 2 aromatic rings. The summed E-state index contributed by atoms with van der Waals surface area (Å²) in [6.07, 6.45) is 1.11. The van der Waals surface area contributed by atoms with Crippen molar-refractivity contribution in [2.45, 2.75) is 32.5 Å². The van der Waals surface area contributed by atoms with Crippen LogP contribution in [0.25, 0.3) is 17.0 Å². The fourth-order valence-corrected chi connectivity index (χ4v) is 2.06. The van der Waals surface area contributed by atoms with Gasteiger partial charge in [0.25, 0.3) is 0 Å². The summed E-state index contributed by atoms with van der Waals surface area (Å²) in [4.78, 5) is 15.0. The highest BCUT2D eigenvalue weighted by Gasteiger charge is 2.20. The number of rotatable bonds is 3. The van der Waals surface area contributed by atoms with Crippen LogP contribution in [0.2, 0.25) is 0 Å². The zero-order valence-corrected chi connectivity index (χ0v) is 13.3. The minimum atomic E-state index is -1.46. The van der Waals surface area contributed by atoms with Crippen molar-refractivity contribution >= 4 is 23.1 Å². The van der Waals surface area contributed by atoms with E-state index in [2.05, 4.69) is 10.3 Å². The lowest BCUT2D eigenvalue weighted by molar-refractivity contribution is 0.0534. The molecule has 6 heteroatoms. The predicted molar refractivity (Wildman–Crippen MR) is 87.3 cm³/mol. The Balaban J connectivity index is 2.32.